The van der Waals surface area contributed by atoms with Crippen molar-refractivity contribution >= 4 is 33.4 Å². The van der Waals surface area contributed by atoms with Gasteiger partial charge >= 0.3 is 0 Å². The number of hydrogen-bond acceptors (Lipinski definition) is 1. The zero-order valence-corrected chi connectivity index (χ0v) is 15.1. The van der Waals surface area contributed by atoms with Gasteiger partial charge in [0.2, 0.25) is 0 Å². The SMILES string of the molecule is CC(C)CC1(CNC(=O)c2cccc(Br)c2Cl)CCCC1. The molecular formula is C17H23BrClNO. The highest BCUT2D eigenvalue weighted by Gasteiger charge is 2.34. The number of benzene rings is 1. The Morgan fingerprint density at radius 1 is 1.38 bits per heavy atom. The topological polar surface area (TPSA) is 29.1 Å². The molecule has 0 spiro atoms. The molecule has 116 valence electrons. The van der Waals surface area contributed by atoms with Gasteiger partial charge in [-0.15, -0.1) is 0 Å². The van der Waals surface area contributed by atoms with Gasteiger partial charge in [0.25, 0.3) is 5.91 Å². The van der Waals surface area contributed by atoms with Crippen LogP contribution >= 0.6 is 27.5 Å². The van der Waals surface area contributed by atoms with E-state index in [1.807, 2.05) is 12.1 Å². The highest BCUT2D eigenvalue weighted by Crippen LogP contribution is 2.42. The Morgan fingerprint density at radius 3 is 2.67 bits per heavy atom. The number of carbonyl (C=O) groups excluding carboxylic acids is 1. The molecule has 0 heterocycles. The number of carbonyl (C=O) groups is 1. The summed E-state index contributed by atoms with van der Waals surface area (Å²) in [4.78, 5) is 12.4. The van der Waals surface area contributed by atoms with Gasteiger partial charge < -0.3 is 5.32 Å². The van der Waals surface area contributed by atoms with Crippen LogP contribution in [-0.2, 0) is 0 Å². The van der Waals surface area contributed by atoms with Crippen LogP contribution < -0.4 is 5.32 Å². The lowest BCUT2D eigenvalue weighted by Crippen LogP contribution is -2.37. The van der Waals surface area contributed by atoms with Crippen molar-refractivity contribution in [1.82, 2.24) is 5.32 Å². The highest BCUT2D eigenvalue weighted by atomic mass is 79.9. The third kappa shape index (κ3) is 4.23. The smallest absolute Gasteiger partial charge is 0.252 e. The second-order valence-electron chi connectivity index (χ2n) is 6.59. The molecule has 4 heteroatoms. The Hall–Kier alpha value is -0.540. The van der Waals surface area contributed by atoms with Gasteiger partial charge in [0.05, 0.1) is 10.6 Å². The molecule has 0 saturated heterocycles. The van der Waals surface area contributed by atoms with Gasteiger partial charge in [0, 0.05) is 11.0 Å². The van der Waals surface area contributed by atoms with E-state index in [0.717, 1.165) is 11.0 Å². The summed E-state index contributed by atoms with van der Waals surface area (Å²) >= 11 is 9.56. The summed E-state index contributed by atoms with van der Waals surface area (Å²) in [6, 6.07) is 5.45. The van der Waals surface area contributed by atoms with Gasteiger partial charge in [-0.3, -0.25) is 4.79 Å². The minimum Gasteiger partial charge on any atom is -0.351 e. The van der Waals surface area contributed by atoms with Crippen LogP contribution in [-0.4, -0.2) is 12.5 Å². The molecule has 0 aromatic heterocycles. The maximum absolute atomic E-state index is 12.4. The minimum absolute atomic E-state index is 0.0728. The molecule has 21 heavy (non-hydrogen) atoms. The first-order valence-electron chi connectivity index (χ1n) is 7.66. The molecule has 0 bridgehead atoms. The third-order valence-corrected chi connectivity index (χ3v) is 5.62. The lowest BCUT2D eigenvalue weighted by Gasteiger charge is -2.31. The van der Waals surface area contributed by atoms with E-state index in [2.05, 4.69) is 35.1 Å². The van der Waals surface area contributed by atoms with Crippen LogP contribution in [0.3, 0.4) is 0 Å². The van der Waals surface area contributed by atoms with E-state index >= 15 is 0 Å². The first kappa shape index (κ1) is 16.8. The van der Waals surface area contributed by atoms with Gasteiger partial charge in [-0.05, 0) is 58.7 Å². The van der Waals surface area contributed by atoms with Gasteiger partial charge in [0.1, 0.15) is 0 Å². The van der Waals surface area contributed by atoms with Crippen molar-refractivity contribution in [3.05, 3.63) is 33.3 Å². The Kier molecular flexibility index (Phi) is 5.73. The molecule has 0 radical (unpaired) electrons. The molecule has 2 rings (SSSR count). The second kappa shape index (κ2) is 7.15. The molecule has 1 aromatic rings. The van der Waals surface area contributed by atoms with Crippen LogP contribution in [0.2, 0.25) is 5.02 Å². The van der Waals surface area contributed by atoms with Crippen LogP contribution in [0.25, 0.3) is 0 Å². The van der Waals surface area contributed by atoms with Crippen molar-refractivity contribution in [1.29, 1.82) is 0 Å². The number of hydrogen-bond donors (Lipinski definition) is 1. The van der Waals surface area contributed by atoms with Crippen LogP contribution in [0, 0.1) is 11.3 Å². The summed E-state index contributed by atoms with van der Waals surface area (Å²) < 4.78 is 0.759. The van der Waals surface area contributed by atoms with Crippen molar-refractivity contribution in [3.63, 3.8) is 0 Å². The number of rotatable bonds is 5. The molecule has 1 aliphatic carbocycles. The predicted molar refractivity (Wildman–Crippen MR) is 91.8 cm³/mol. The molecule has 0 unspecified atom stereocenters. The highest BCUT2D eigenvalue weighted by molar-refractivity contribution is 9.10. The summed E-state index contributed by atoms with van der Waals surface area (Å²) in [5.74, 6) is 0.589. The average Bonchev–Trinajstić information content (AvgIpc) is 2.87. The summed E-state index contributed by atoms with van der Waals surface area (Å²) in [5.41, 5.74) is 0.825. The molecule has 1 fully saturated rings. The molecule has 1 amide bonds. The molecule has 1 aliphatic rings. The zero-order valence-electron chi connectivity index (χ0n) is 12.7. The van der Waals surface area contributed by atoms with Gasteiger partial charge in [-0.1, -0.05) is 44.4 Å². The van der Waals surface area contributed by atoms with Crippen molar-refractivity contribution in [2.24, 2.45) is 11.3 Å². The summed E-state index contributed by atoms with van der Waals surface area (Å²) in [6.45, 7) is 5.27. The molecule has 1 saturated carbocycles. The molecule has 2 nitrogen and oxygen atoms in total. The van der Waals surface area contributed by atoms with Crippen LogP contribution in [0.4, 0.5) is 0 Å². The fourth-order valence-electron chi connectivity index (χ4n) is 3.49. The van der Waals surface area contributed by atoms with E-state index < -0.39 is 0 Å². The maximum Gasteiger partial charge on any atom is 0.252 e. The third-order valence-electron chi connectivity index (χ3n) is 4.33. The molecule has 0 aliphatic heterocycles. The zero-order chi connectivity index (χ0) is 15.5. The van der Waals surface area contributed by atoms with E-state index in [-0.39, 0.29) is 11.3 Å². The van der Waals surface area contributed by atoms with Crippen molar-refractivity contribution in [2.75, 3.05) is 6.54 Å². The van der Waals surface area contributed by atoms with Gasteiger partial charge in [-0.25, -0.2) is 0 Å². The maximum atomic E-state index is 12.4. The lowest BCUT2D eigenvalue weighted by molar-refractivity contribution is 0.0922. The summed E-state index contributed by atoms with van der Waals surface area (Å²) in [6.07, 6.45) is 6.18. The number of amides is 1. The van der Waals surface area contributed by atoms with E-state index in [0.29, 0.717) is 16.5 Å². The average molecular weight is 373 g/mol. The predicted octanol–water partition coefficient (Wildman–Crippen LogP) is 5.44. The Labute approximate surface area is 140 Å². The van der Waals surface area contributed by atoms with E-state index in [4.69, 9.17) is 11.6 Å². The Morgan fingerprint density at radius 2 is 2.05 bits per heavy atom. The number of halogens is 2. The first-order chi connectivity index (χ1) is 9.93. The van der Waals surface area contributed by atoms with E-state index in [1.165, 1.54) is 32.1 Å². The fourth-order valence-corrected chi connectivity index (χ4v) is 4.06. The standard InChI is InChI=1S/C17H23BrClNO/c1-12(2)10-17(8-3-4-9-17)11-20-16(21)13-6-5-7-14(18)15(13)19/h5-7,12H,3-4,8-11H2,1-2H3,(H,20,21). The van der Waals surface area contributed by atoms with Crippen molar-refractivity contribution in [3.8, 4) is 0 Å². The molecule has 0 atom stereocenters. The van der Waals surface area contributed by atoms with Crippen LogP contribution in [0.1, 0.15) is 56.3 Å². The van der Waals surface area contributed by atoms with Gasteiger partial charge in [-0.2, -0.15) is 0 Å². The van der Waals surface area contributed by atoms with Crippen LogP contribution in [0.5, 0.6) is 0 Å². The van der Waals surface area contributed by atoms with Gasteiger partial charge in [0.15, 0.2) is 0 Å². The largest absolute Gasteiger partial charge is 0.351 e. The molecule has 1 N–H and O–H groups in total. The monoisotopic (exact) mass is 371 g/mol. The normalized spacial score (nSPS) is 17.2. The first-order valence-corrected chi connectivity index (χ1v) is 8.83. The number of nitrogens with one attached hydrogen (secondary N) is 1. The van der Waals surface area contributed by atoms with Crippen LogP contribution in [0.15, 0.2) is 22.7 Å². The Bertz CT molecular complexity index is 510. The summed E-state index contributed by atoms with van der Waals surface area (Å²) in [5, 5.41) is 3.60. The second-order valence-corrected chi connectivity index (χ2v) is 7.82. The Balaban J connectivity index is 2.04. The molecule has 1 aromatic carbocycles. The summed E-state index contributed by atoms with van der Waals surface area (Å²) in [7, 11) is 0. The van der Waals surface area contributed by atoms with Crippen molar-refractivity contribution in [2.45, 2.75) is 46.0 Å². The minimum atomic E-state index is -0.0728. The van der Waals surface area contributed by atoms with Crippen molar-refractivity contribution < 1.29 is 4.79 Å². The quantitative estimate of drug-likeness (QED) is 0.732. The molecular weight excluding hydrogens is 350 g/mol. The lowest BCUT2D eigenvalue weighted by atomic mass is 9.78. The fraction of sp³-hybridized carbons (Fsp3) is 0.588. The van der Waals surface area contributed by atoms with E-state index in [9.17, 15) is 4.79 Å². The van der Waals surface area contributed by atoms with E-state index in [1.54, 1.807) is 6.07 Å².